The van der Waals surface area contributed by atoms with Crippen molar-refractivity contribution < 1.29 is 4.79 Å². The number of carbonyl (C=O) groups excluding carboxylic acids is 1. The molecule has 0 saturated carbocycles. The summed E-state index contributed by atoms with van der Waals surface area (Å²) in [5.41, 5.74) is 2.09. The molecule has 0 aliphatic rings. The van der Waals surface area contributed by atoms with Crippen LogP contribution in [0.3, 0.4) is 0 Å². The predicted octanol–water partition coefficient (Wildman–Crippen LogP) is 1.76. The molecule has 1 aromatic heterocycles. The molecule has 2 N–H and O–H groups in total. The highest BCUT2D eigenvalue weighted by Gasteiger charge is 2.02. The Morgan fingerprint density at radius 1 is 1.35 bits per heavy atom. The molecule has 1 amide bonds. The van der Waals surface area contributed by atoms with E-state index >= 15 is 0 Å². The van der Waals surface area contributed by atoms with Crippen molar-refractivity contribution in [2.45, 2.75) is 13.3 Å². The Balaban J connectivity index is 1.99. The van der Waals surface area contributed by atoms with Crippen LogP contribution in [-0.2, 0) is 11.2 Å². The molecule has 1 heterocycles. The molecule has 0 bridgehead atoms. The monoisotopic (exact) mass is 229 g/mol. The van der Waals surface area contributed by atoms with Crippen molar-refractivity contribution in [2.75, 3.05) is 6.54 Å². The van der Waals surface area contributed by atoms with Gasteiger partial charge in [-0.25, -0.2) is 4.98 Å². The number of aromatic amines is 1. The highest BCUT2D eigenvalue weighted by Crippen LogP contribution is 2.14. The average Bonchev–Trinajstić information content (AvgIpc) is 2.78. The van der Waals surface area contributed by atoms with E-state index in [0.717, 1.165) is 23.5 Å². The zero-order valence-corrected chi connectivity index (χ0v) is 9.73. The number of aromatic nitrogens is 2. The molecule has 4 nitrogen and oxygen atoms in total. The number of nitrogens with one attached hydrogen (secondary N) is 2. The number of benzene rings is 1. The fourth-order valence-corrected chi connectivity index (χ4v) is 1.60. The van der Waals surface area contributed by atoms with E-state index in [4.69, 9.17) is 0 Å². The average molecular weight is 229 g/mol. The predicted molar refractivity (Wildman–Crippen MR) is 66.4 cm³/mol. The Morgan fingerprint density at radius 2 is 2.12 bits per heavy atom. The summed E-state index contributed by atoms with van der Waals surface area (Å²) in [4.78, 5) is 18.3. The molecule has 0 unspecified atom stereocenters. The summed E-state index contributed by atoms with van der Waals surface area (Å²) < 4.78 is 0. The lowest BCUT2D eigenvalue weighted by Gasteiger charge is -1.99. The van der Waals surface area contributed by atoms with Gasteiger partial charge in [0.25, 0.3) is 0 Å². The van der Waals surface area contributed by atoms with Crippen molar-refractivity contribution in [2.24, 2.45) is 0 Å². The highest BCUT2D eigenvalue weighted by atomic mass is 16.1. The van der Waals surface area contributed by atoms with Gasteiger partial charge in [-0.3, -0.25) is 4.79 Å². The number of imidazole rings is 1. The molecule has 2 rings (SSSR count). The van der Waals surface area contributed by atoms with Crippen molar-refractivity contribution in [3.8, 4) is 11.4 Å². The molecule has 4 heteroatoms. The summed E-state index contributed by atoms with van der Waals surface area (Å²) >= 11 is 0. The summed E-state index contributed by atoms with van der Waals surface area (Å²) in [5, 5.41) is 2.76. The van der Waals surface area contributed by atoms with Crippen LogP contribution < -0.4 is 5.32 Å². The summed E-state index contributed by atoms with van der Waals surface area (Å²) in [5.74, 6) is 0.858. The molecule has 0 aliphatic carbocycles. The van der Waals surface area contributed by atoms with Gasteiger partial charge in [0.1, 0.15) is 5.82 Å². The molecule has 1 aromatic carbocycles. The number of rotatable bonds is 4. The third-order valence-corrected chi connectivity index (χ3v) is 2.44. The van der Waals surface area contributed by atoms with E-state index in [-0.39, 0.29) is 5.91 Å². The first-order chi connectivity index (χ1) is 8.25. The van der Waals surface area contributed by atoms with Crippen molar-refractivity contribution in [3.63, 3.8) is 0 Å². The largest absolute Gasteiger partial charge is 0.356 e. The minimum Gasteiger partial charge on any atom is -0.356 e. The van der Waals surface area contributed by atoms with Gasteiger partial charge < -0.3 is 10.3 Å². The van der Waals surface area contributed by atoms with Gasteiger partial charge in [-0.2, -0.15) is 0 Å². The minimum atomic E-state index is -0.00667. The van der Waals surface area contributed by atoms with Gasteiger partial charge in [0.2, 0.25) is 5.91 Å². The van der Waals surface area contributed by atoms with Crippen LogP contribution >= 0.6 is 0 Å². The fraction of sp³-hybridized carbons (Fsp3) is 0.231. The van der Waals surface area contributed by atoms with Gasteiger partial charge in [0.15, 0.2) is 0 Å². The van der Waals surface area contributed by atoms with Crippen LogP contribution in [0.25, 0.3) is 11.4 Å². The van der Waals surface area contributed by atoms with Gasteiger partial charge in [-0.15, -0.1) is 0 Å². The zero-order valence-electron chi connectivity index (χ0n) is 9.73. The first-order valence-electron chi connectivity index (χ1n) is 5.59. The number of nitrogens with zero attached hydrogens (tertiary/aromatic N) is 1. The van der Waals surface area contributed by atoms with E-state index in [1.807, 2.05) is 36.5 Å². The van der Waals surface area contributed by atoms with Gasteiger partial charge in [0.05, 0.1) is 0 Å². The molecule has 0 spiro atoms. The number of amides is 1. The number of carbonyl (C=O) groups is 1. The van der Waals surface area contributed by atoms with Crippen molar-refractivity contribution in [1.82, 2.24) is 15.3 Å². The maximum atomic E-state index is 10.7. The van der Waals surface area contributed by atoms with E-state index in [9.17, 15) is 4.79 Å². The molecule has 0 saturated heterocycles. The second kappa shape index (κ2) is 5.30. The van der Waals surface area contributed by atoms with Crippen molar-refractivity contribution >= 4 is 5.91 Å². The topological polar surface area (TPSA) is 57.8 Å². The first kappa shape index (κ1) is 11.4. The summed E-state index contributed by atoms with van der Waals surface area (Å²) in [7, 11) is 0. The van der Waals surface area contributed by atoms with Crippen LogP contribution in [0.15, 0.2) is 36.5 Å². The van der Waals surface area contributed by atoms with Crippen LogP contribution in [0.4, 0.5) is 0 Å². The highest BCUT2D eigenvalue weighted by molar-refractivity contribution is 5.72. The third kappa shape index (κ3) is 3.17. The zero-order chi connectivity index (χ0) is 12.1. The van der Waals surface area contributed by atoms with Crippen LogP contribution in [0.5, 0.6) is 0 Å². The van der Waals surface area contributed by atoms with Crippen LogP contribution in [0.1, 0.15) is 12.6 Å². The maximum Gasteiger partial charge on any atom is 0.216 e. The normalized spacial score (nSPS) is 10.2. The van der Waals surface area contributed by atoms with Crippen LogP contribution in [0, 0.1) is 0 Å². The molecule has 2 aromatic rings. The molecular weight excluding hydrogens is 214 g/mol. The maximum absolute atomic E-state index is 10.7. The lowest BCUT2D eigenvalue weighted by molar-refractivity contribution is -0.118. The lowest BCUT2D eigenvalue weighted by Crippen LogP contribution is -2.22. The fourth-order valence-electron chi connectivity index (χ4n) is 1.60. The van der Waals surface area contributed by atoms with E-state index in [2.05, 4.69) is 15.3 Å². The van der Waals surface area contributed by atoms with E-state index in [0.29, 0.717) is 6.54 Å². The lowest BCUT2D eigenvalue weighted by atomic mass is 10.2. The standard InChI is InChI=1S/C13H15N3O/c1-10(17)14-8-7-12-9-15-13(16-12)11-5-3-2-4-6-11/h2-6,9H,7-8H2,1H3,(H,14,17)(H,15,16). The van der Waals surface area contributed by atoms with Crippen molar-refractivity contribution in [1.29, 1.82) is 0 Å². The summed E-state index contributed by atoms with van der Waals surface area (Å²) in [6, 6.07) is 9.96. The summed E-state index contributed by atoms with van der Waals surface area (Å²) in [6.45, 7) is 2.15. The van der Waals surface area contributed by atoms with Gasteiger partial charge >= 0.3 is 0 Å². The molecule has 0 atom stereocenters. The van der Waals surface area contributed by atoms with Crippen molar-refractivity contribution in [3.05, 3.63) is 42.2 Å². The minimum absolute atomic E-state index is 0.00667. The quantitative estimate of drug-likeness (QED) is 0.839. The Labute approximate surface area is 100 Å². The Kier molecular flexibility index (Phi) is 3.55. The summed E-state index contributed by atoms with van der Waals surface area (Å²) in [6.07, 6.45) is 2.57. The molecule has 88 valence electrons. The second-order valence-electron chi connectivity index (χ2n) is 3.86. The smallest absolute Gasteiger partial charge is 0.216 e. The van der Waals surface area contributed by atoms with E-state index in [1.165, 1.54) is 6.92 Å². The van der Waals surface area contributed by atoms with Crippen LogP contribution in [-0.4, -0.2) is 22.4 Å². The number of hydrogen-bond donors (Lipinski definition) is 2. The molecule has 0 radical (unpaired) electrons. The van der Waals surface area contributed by atoms with E-state index in [1.54, 1.807) is 0 Å². The third-order valence-electron chi connectivity index (χ3n) is 2.44. The SMILES string of the molecule is CC(=O)NCCc1cnc(-c2ccccc2)[nH]1. The van der Waals surface area contributed by atoms with Gasteiger partial charge in [0, 0.05) is 37.3 Å². The number of H-pyrrole nitrogens is 1. The Hall–Kier alpha value is -2.10. The molecule has 17 heavy (non-hydrogen) atoms. The van der Waals surface area contributed by atoms with Gasteiger partial charge in [-0.1, -0.05) is 30.3 Å². The Bertz CT molecular complexity index is 490. The molecular formula is C13H15N3O. The second-order valence-corrected chi connectivity index (χ2v) is 3.86. The first-order valence-corrected chi connectivity index (χ1v) is 5.59. The Morgan fingerprint density at radius 3 is 2.82 bits per heavy atom. The number of hydrogen-bond acceptors (Lipinski definition) is 2. The van der Waals surface area contributed by atoms with E-state index < -0.39 is 0 Å². The molecule has 0 fully saturated rings. The van der Waals surface area contributed by atoms with Gasteiger partial charge in [-0.05, 0) is 0 Å². The van der Waals surface area contributed by atoms with Crippen LogP contribution in [0.2, 0.25) is 0 Å². The molecule has 0 aliphatic heterocycles.